The Morgan fingerprint density at radius 1 is 1.24 bits per heavy atom. The van der Waals surface area contributed by atoms with Crippen molar-refractivity contribution in [1.82, 2.24) is 19.9 Å². The molecule has 1 aromatic heterocycles. The van der Waals surface area contributed by atoms with Gasteiger partial charge in [-0.3, -0.25) is 9.80 Å². The lowest BCUT2D eigenvalue weighted by molar-refractivity contribution is 0.00781. The van der Waals surface area contributed by atoms with E-state index in [1.54, 1.807) is 12.1 Å². The van der Waals surface area contributed by atoms with E-state index in [4.69, 9.17) is 4.52 Å². The van der Waals surface area contributed by atoms with Crippen LogP contribution >= 0.6 is 0 Å². The van der Waals surface area contributed by atoms with Gasteiger partial charge in [0, 0.05) is 38.3 Å². The SMILES string of the molecule is Cc1cc(O)ccc1-c1nc(C2CN3CCN2CC3)no1. The van der Waals surface area contributed by atoms with E-state index >= 15 is 0 Å². The van der Waals surface area contributed by atoms with Crippen LogP contribution in [0.4, 0.5) is 0 Å². The fourth-order valence-electron chi connectivity index (χ4n) is 3.23. The molecule has 3 aliphatic rings. The molecular formula is C15H18N4O2. The Bertz CT molecular complexity index is 661. The second-order valence-electron chi connectivity index (χ2n) is 5.81. The summed E-state index contributed by atoms with van der Waals surface area (Å²) >= 11 is 0. The zero-order valence-electron chi connectivity index (χ0n) is 12.0. The lowest BCUT2D eigenvalue weighted by atomic mass is 10.1. The number of benzene rings is 1. The number of phenols is 1. The Balaban J connectivity index is 1.64. The molecule has 1 aromatic carbocycles. The Morgan fingerprint density at radius 2 is 2.05 bits per heavy atom. The van der Waals surface area contributed by atoms with Crippen molar-refractivity contribution in [3.63, 3.8) is 0 Å². The molecule has 0 aliphatic carbocycles. The van der Waals surface area contributed by atoms with Gasteiger partial charge in [0.2, 0.25) is 0 Å². The van der Waals surface area contributed by atoms with Crippen molar-refractivity contribution in [2.24, 2.45) is 0 Å². The van der Waals surface area contributed by atoms with E-state index < -0.39 is 0 Å². The van der Waals surface area contributed by atoms with Gasteiger partial charge in [-0.05, 0) is 30.7 Å². The number of piperazine rings is 3. The molecule has 6 heteroatoms. The molecule has 110 valence electrons. The van der Waals surface area contributed by atoms with Gasteiger partial charge in [-0.15, -0.1) is 0 Å². The van der Waals surface area contributed by atoms with Gasteiger partial charge in [-0.1, -0.05) is 5.16 Å². The highest BCUT2D eigenvalue weighted by molar-refractivity contribution is 5.59. The molecule has 0 amide bonds. The summed E-state index contributed by atoms with van der Waals surface area (Å²) in [5.74, 6) is 1.54. The maximum absolute atomic E-state index is 9.49. The zero-order chi connectivity index (χ0) is 14.4. The van der Waals surface area contributed by atoms with Crippen LogP contribution < -0.4 is 0 Å². The number of phenolic OH excluding ortho intramolecular Hbond substituents is 1. The topological polar surface area (TPSA) is 65.6 Å². The van der Waals surface area contributed by atoms with Crippen LogP contribution in [0.3, 0.4) is 0 Å². The van der Waals surface area contributed by atoms with Crippen LogP contribution in [0, 0.1) is 6.92 Å². The highest BCUT2D eigenvalue weighted by atomic mass is 16.5. The van der Waals surface area contributed by atoms with Crippen LogP contribution in [0.5, 0.6) is 5.75 Å². The van der Waals surface area contributed by atoms with E-state index in [1.807, 2.05) is 13.0 Å². The summed E-state index contributed by atoms with van der Waals surface area (Å²) in [6.45, 7) is 7.33. The number of aryl methyl sites for hydroxylation is 1. The first-order valence-corrected chi connectivity index (χ1v) is 7.31. The normalized spacial score (nSPS) is 28.0. The quantitative estimate of drug-likeness (QED) is 0.901. The van der Waals surface area contributed by atoms with Gasteiger partial charge < -0.3 is 9.63 Å². The highest BCUT2D eigenvalue weighted by Gasteiger charge is 2.35. The van der Waals surface area contributed by atoms with Gasteiger partial charge in [-0.2, -0.15) is 4.98 Å². The van der Waals surface area contributed by atoms with Gasteiger partial charge >= 0.3 is 0 Å². The fraction of sp³-hybridized carbons (Fsp3) is 0.467. The van der Waals surface area contributed by atoms with Crippen molar-refractivity contribution >= 4 is 0 Å². The molecule has 0 spiro atoms. The fourth-order valence-corrected chi connectivity index (χ4v) is 3.23. The monoisotopic (exact) mass is 286 g/mol. The van der Waals surface area contributed by atoms with E-state index in [0.29, 0.717) is 5.89 Å². The summed E-state index contributed by atoms with van der Waals surface area (Å²) in [5.41, 5.74) is 1.81. The summed E-state index contributed by atoms with van der Waals surface area (Å²) in [7, 11) is 0. The molecule has 5 rings (SSSR count). The lowest BCUT2D eigenvalue weighted by Gasteiger charge is -2.46. The summed E-state index contributed by atoms with van der Waals surface area (Å²) in [5, 5.41) is 13.7. The number of hydrogen-bond donors (Lipinski definition) is 1. The molecule has 0 radical (unpaired) electrons. The van der Waals surface area contributed by atoms with Crippen LogP contribution in [0.15, 0.2) is 22.7 Å². The molecule has 1 N–H and O–H groups in total. The Kier molecular flexibility index (Phi) is 2.94. The minimum atomic E-state index is 0.238. The summed E-state index contributed by atoms with van der Waals surface area (Å²) in [6.07, 6.45) is 0. The third-order valence-electron chi connectivity index (χ3n) is 4.46. The summed E-state index contributed by atoms with van der Waals surface area (Å²) in [4.78, 5) is 9.47. The van der Waals surface area contributed by atoms with Gasteiger partial charge in [0.1, 0.15) is 5.75 Å². The molecule has 2 aromatic rings. The van der Waals surface area contributed by atoms with Crippen LogP contribution in [0.1, 0.15) is 17.4 Å². The number of fused-ring (bicyclic) bond motifs is 3. The summed E-state index contributed by atoms with van der Waals surface area (Å²) in [6, 6.07) is 5.40. The van der Waals surface area contributed by atoms with Crippen molar-refractivity contribution in [2.45, 2.75) is 13.0 Å². The number of hydrogen-bond acceptors (Lipinski definition) is 6. The zero-order valence-corrected chi connectivity index (χ0v) is 12.0. The average Bonchev–Trinajstić information content (AvgIpc) is 2.98. The molecule has 1 unspecified atom stereocenters. The molecule has 3 aliphatic heterocycles. The van der Waals surface area contributed by atoms with Crippen molar-refractivity contribution in [1.29, 1.82) is 0 Å². The number of nitrogens with zero attached hydrogens (tertiary/aromatic N) is 4. The predicted molar refractivity (Wildman–Crippen MR) is 76.9 cm³/mol. The molecule has 6 nitrogen and oxygen atoms in total. The maximum atomic E-state index is 9.49. The Hall–Kier alpha value is -1.92. The maximum Gasteiger partial charge on any atom is 0.258 e. The van der Waals surface area contributed by atoms with E-state index in [-0.39, 0.29) is 11.8 Å². The van der Waals surface area contributed by atoms with E-state index in [1.165, 1.54) is 0 Å². The molecule has 4 heterocycles. The van der Waals surface area contributed by atoms with Gasteiger partial charge in [0.05, 0.1) is 6.04 Å². The number of aromatic nitrogens is 2. The third kappa shape index (κ3) is 2.20. The largest absolute Gasteiger partial charge is 0.508 e. The Labute approximate surface area is 123 Å². The molecule has 3 saturated heterocycles. The number of rotatable bonds is 2. The van der Waals surface area contributed by atoms with Crippen LogP contribution in [0.25, 0.3) is 11.5 Å². The second kappa shape index (κ2) is 4.82. The van der Waals surface area contributed by atoms with E-state index in [0.717, 1.165) is 49.7 Å². The minimum Gasteiger partial charge on any atom is -0.508 e. The van der Waals surface area contributed by atoms with E-state index in [2.05, 4.69) is 19.9 Å². The first kappa shape index (κ1) is 12.8. The predicted octanol–water partition coefficient (Wildman–Crippen LogP) is 1.42. The van der Waals surface area contributed by atoms with Gasteiger partial charge in [0.25, 0.3) is 5.89 Å². The molecule has 21 heavy (non-hydrogen) atoms. The second-order valence-corrected chi connectivity index (χ2v) is 5.81. The number of aromatic hydroxyl groups is 1. The Morgan fingerprint density at radius 3 is 2.71 bits per heavy atom. The van der Waals surface area contributed by atoms with Crippen LogP contribution in [-0.4, -0.2) is 57.8 Å². The smallest absolute Gasteiger partial charge is 0.258 e. The lowest BCUT2D eigenvalue weighted by Crippen LogP contribution is -2.57. The van der Waals surface area contributed by atoms with Crippen molar-refractivity contribution in [3.8, 4) is 17.2 Å². The minimum absolute atomic E-state index is 0.238. The highest BCUT2D eigenvalue weighted by Crippen LogP contribution is 2.30. The molecular weight excluding hydrogens is 268 g/mol. The van der Waals surface area contributed by atoms with Crippen LogP contribution in [-0.2, 0) is 0 Å². The van der Waals surface area contributed by atoms with Gasteiger partial charge in [-0.25, -0.2) is 0 Å². The standard InChI is InChI=1S/C15H18N4O2/c1-10-8-11(20)2-3-12(10)15-16-14(17-21-15)13-9-18-4-6-19(13)7-5-18/h2-3,8,13,20H,4-7,9H2,1H3. The van der Waals surface area contributed by atoms with Crippen molar-refractivity contribution in [3.05, 3.63) is 29.6 Å². The van der Waals surface area contributed by atoms with E-state index in [9.17, 15) is 5.11 Å². The average molecular weight is 286 g/mol. The molecule has 0 saturated carbocycles. The molecule has 2 bridgehead atoms. The summed E-state index contributed by atoms with van der Waals surface area (Å²) < 4.78 is 5.44. The first-order valence-electron chi connectivity index (χ1n) is 7.31. The van der Waals surface area contributed by atoms with Crippen molar-refractivity contribution in [2.75, 3.05) is 32.7 Å². The third-order valence-corrected chi connectivity index (χ3v) is 4.46. The van der Waals surface area contributed by atoms with Gasteiger partial charge in [0.15, 0.2) is 5.82 Å². The van der Waals surface area contributed by atoms with Crippen molar-refractivity contribution < 1.29 is 9.63 Å². The van der Waals surface area contributed by atoms with Crippen LogP contribution in [0.2, 0.25) is 0 Å². The molecule has 1 atom stereocenters. The molecule has 3 fully saturated rings. The first-order chi connectivity index (χ1) is 10.2.